The molecule has 0 N–H and O–H groups in total. The van der Waals surface area contributed by atoms with E-state index in [0.717, 1.165) is 23.2 Å². The minimum absolute atomic E-state index is 0.00111. The largest absolute Gasteiger partial charge is 0.310 e. The molecule has 1 nitrogen and oxygen atoms in total. The third kappa shape index (κ3) is 8.12. The molecule has 20 rings (SSSR count). The van der Waals surface area contributed by atoms with Gasteiger partial charge in [0.25, 0.3) is 0 Å². The summed E-state index contributed by atoms with van der Waals surface area (Å²) in [6, 6.07) is 119. The molecule has 0 amide bonds. The SMILES string of the molecule is CC1(C)c2cc(-c3ccc(-c4ccccc4)cc3)ccc2C2(c3ccccc3-c3ccc(N(c4ccc5c(c4)C4(c6ccccc6-5)C5CC6CC(C5)CC4C6)c4ccccc4-c4cccc(-c5ccccc5)c4)cc32)c2cc(-c3ccc(-c4ccccc4)cc3)ccc21. The van der Waals surface area contributed by atoms with E-state index in [1.165, 1.54) is 160 Å². The predicted octanol–water partition coefficient (Wildman–Crippen LogP) is 23.9. The summed E-state index contributed by atoms with van der Waals surface area (Å²) in [5.41, 5.74) is 33.7. The molecule has 13 aromatic rings. The second-order valence-corrected chi connectivity index (χ2v) is 28.3. The van der Waals surface area contributed by atoms with Crippen LogP contribution in [0, 0.1) is 23.7 Å². The molecule has 0 aromatic heterocycles. The van der Waals surface area contributed by atoms with Gasteiger partial charge < -0.3 is 4.90 Å². The topological polar surface area (TPSA) is 3.24 Å². The summed E-state index contributed by atoms with van der Waals surface area (Å²) in [6.07, 6.45) is 6.78. The summed E-state index contributed by atoms with van der Waals surface area (Å²) in [5, 5.41) is 0. The molecule has 0 saturated heterocycles. The lowest BCUT2D eigenvalue weighted by Gasteiger charge is -2.61. The van der Waals surface area contributed by atoms with Crippen molar-refractivity contribution in [2.24, 2.45) is 23.7 Å². The quantitative estimate of drug-likeness (QED) is 0.139. The first-order chi connectivity index (χ1) is 45.8. The zero-order valence-electron chi connectivity index (χ0n) is 52.7. The van der Waals surface area contributed by atoms with Crippen molar-refractivity contribution < 1.29 is 0 Å². The smallest absolute Gasteiger partial charge is 0.0720 e. The molecule has 4 saturated carbocycles. The van der Waals surface area contributed by atoms with E-state index in [2.05, 4.69) is 328 Å². The summed E-state index contributed by atoms with van der Waals surface area (Å²) in [7, 11) is 0. The summed E-state index contributed by atoms with van der Waals surface area (Å²) in [4.78, 5) is 2.66. The minimum Gasteiger partial charge on any atom is -0.310 e. The van der Waals surface area contributed by atoms with Crippen molar-refractivity contribution in [2.45, 2.75) is 62.2 Å². The van der Waals surface area contributed by atoms with E-state index in [1.54, 1.807) is 11.1 Å². The van der Waals surface area contributed by atoms with Crippen LogP contribution in [0.25, 0.3) is 89.0 Å². The van der Waals surface area contributed by atoms with E-state index in [-0.39, 0.29) is 10.8 Å². The molecule has 7 aliphatic carbocycles. The Morgan fingerprint density at radius 2 is 0.645 bits per heavy atom. The number of anilines is 3. The Morgan fingerprint density at radius 3 is 1.24 bits per heavy atom. The molecule has 13 aromatic carbocycles. The fourth-order valence-electron chi connectivity index (χ4n) is 19.5. The zero-order valence-corrected chi connectivity index (χ0v) is 52.7. The van der Waals surface area contributed by atoms with Crippen LogP contribution in [-0.2, 0) is 16.2 Å². The lowest BCUT2D eigenvalue weighted by atomic mass is 9.43. The van der Waals surface area contributed by atoms with Crippen LogP contribution in [0.15, 0.2) is 309 Å². The molecule has 1 heteroatoms. The van der Waals surface area contributed by atoms with Crippen molar-refractivity contribution in [1.82, 2.24) is 0 Å². The molecule has 4 bridgehead atoms. The highest BCUT2D eigenvalue weighted by molar-refractivity contribution is 5.96. The van der Waals surface area contributed by atoms with E-state index in [0.29, 0.717) is 11.8 Å². The van der Waals surface area contributed by atoms with Crippen molar-refractivity contribution in [1.29, 1.82) is 0 Å². The highest BCUT2D eigenvalue weighted by Gasteiger charge is 2.62. The summed E-state index contributed by atoms with van der Waals surface area (Å²) in [6.45, 7) is 4.94. The first kappa shape index (κ1) is 54.4. The molecule has 0 radical (unpaired) electrons. The molecule has 444 valence electrons. The van der Waals surface area contributed by atoms with Gasteiger partial charge in [0.05, 0.1) is 11.1 Å². The van der Waals surface area contributed by atoms with Crippen LogP contribution in [0.3, 0.4) is 0 Å². The molecule has 7 aliphatic rings. The maximum atomic E-state index is 2.70. The van der Waals surface area contributed by atoms with Crippen molar-refractivity contribution in [3.63, 3.8) is 0 Å². The zero-order chi connectivity index (χ0) is 61.6. The van der Waals surface area contributed by atoms with Gasteiger partial charge in [0.2, 0.25) is 0 Å². The standard InChI is InChI=1S/C92H71N/c1-90(2)83-47-41-70(67-39-35-65(36-40-67)62-21-8-4-9-22-62)56-88(83)92(84-48-42-69(55-87(84)90)66-37-33-64(34-38-66)61-19-6-3-7-20-61)82-31-16-13-29-78(82)80-46-44-75(58-86(80)92)93(89-32-17-14-27-76(89)71-26-18-25-68(54-71)63-23-10-5-11-24-63)74-43-45-79-77-28-12-15-30-81(77)91(85(79)57-74)72-50-59-49-60(52-72)53-73(91)51-59/h3-48,54-60,72-73H,49-53H2,1-2H3. The van der Waals surface area contributed by atoms with Gasteiger partial charge >= 0.3 is 0 Å². The fourth-order valence-corrected chi connectivity index (χ4v) is 19.5. The minimum atomic E-state index is -0.697. The first-order valence-corrected chi connectivity index (χ1v) is 34.0. The second kappa shape index (κ2) is 20.8. The Balaban J connectivity index is 0.853. The maximum absolute atomic E-state index is 2.70. The average molecular weight is 1190 g/mol. The van der Waals surface area contributed by atoms with Crippen LogP contribution >= 0.6 is 0 Å². The monoisotopic (exact) mass is 1190 g/mol. The van der Waals surface area contributed by atoms with Gasteiger partial charge in [0.1, 0.15) is 0 Å². The summed E-state index contributed by atoms with van der Waals surface area (Å²) < 4.78 is 0. The van der Waals surface area contributed by atoms with Gasteiger partial charge in [-0.15, -0.1) is 0 Å². The Kier molecular flexibility index (Phi) is 12.2. The lowest BCUT2D eigenvalue weighted by molar-refractivity contribution is -0.0399. The number of fused-ring (bicyclic) bond motifs is 12. The van der Waals surface area contributed by atoms with Crippen molar-refractivity contribution in [3.05, 3.63) is 354 Å². The number of benzene rings is 13. The molecule has 0 heterocycles. The number of hydrogen-bond donors (Lipinski definition) is 0. The maximum Gasteiger partial charge on any atom is 0.0720 e. The fraction of sp³-hybridized carbons (Fsp3) is 0.152. The van der Waals surface area contributed by atoms with E-state index in [9.17, 15) is 0 Å². The number of para-hydroxylation sites is 1. The Morgan fingerprint density at radius 1 is 0.247 bits per heavy atom. The van der Waals surface area contributed by atoms with Gasteiger partial charge in [-0.3, -0.25) is 0 Å². The van der Waals surface area contributed by atoms with Crippen molar-refractivity contribution in [3.8, 4) is 89.0 Å². The van der Waals surface area contributed by atoms with Gasteiger partial charge in [-0.1, -0.05) is 275 Å². The van der Waals surface area contributed by atoms with Crippen LogP contribution in [-0.4, -0.2) is 0 Å². The van der Waals surface area contributed by atoms with Crippen LogP contribution < -0.4 is 4.90 Å². The normalized spacial score (nSPS) is 21.0. The molecule has 1 unspecified atom stereocenters. The molecular weight excluding hydrogens is 1120 g/mol. The van der Waals surface area contributed by atoms with Crippen molar-refractivity contribution in [2.75, 3.05) is 4.90 Å². The molecule has 2 spiro atoms. The molecule has 93 heavy (non-hydrogen) atoms. The second-order valence-electron chi connectivity index (χ2n) is 28.3. The van der Waals surface area contributed by atoms with Gasteiger partial charge in [-0.05, 0) is 232 Å². The third-order valence-electron chi connectivity index (χ3n) is 23.4. The highest BCUT2D eigenvalue weighted by Crippen LogP contribution is 2.70. The van der Waals surface area contributed by atoms with E-state index >= 15 is 0 Å². The summed E-state index contributed by atoms with van der Waals surface area (Å²) >= 11 is 0. The van der Waals surface area contributed by atoms with E-state index in [4.69, 9.17) is 0 Å². The van der Waals surface area contributed by atoms with Crippen LogP contribution in [0.1, 0.15) is 90.5 Å². The number of hydrogen-bond acceptors (Lipinski definition) is 1. The Bertz CT molecular complexity index is 5080. The summed E-state index contributed by atoms with van der Waals surface area (Å²) in [5.74, 6) is 2.99. The van der Waals surface area contributed by atoms with E-state index < -0.39 is 5.41 Å². The van der Waals surface area contributed by atoms with Gasteiger partial charge in [-0.2, -0.15) is 0 Å². The van der Waals surface area contributed by atoms with Gasteiger partial charge in [-0.25, -0.2) is 0 Å². The van der Waals surface area contributed by atoms with Crippen LogP contribution in [0.2, 0.25) is 0 Å². The van der Waals surface area contributed by atoms with Gasteiger partial charge in [0, 0.05) is 27.8 Å². The average Bonchev–Trinajstić information content (AvgIpc) is 1.58. The number of nitrogens with zero attached hydrogens (tertiary/aromatic N) is 1. The van der Waals surface area contributed by atoms with Crippen LogP contribution in [0.4, 0.5) is 17.1 Å². The first-order valence-electron chi connectivity index (χ1n) is 34.0. The Labute approximate surface area is 547 Å². The third-order valence-corrected chi connectivity index (χ3v) is 23.4. The number of rotatable bonds is 9. The predicted molar refractivity (Wildman–Crippen MR) is 386 cm³/mol. The Hall–Kier alpha value is -10.3. The van der Waals surface area contributed by atoms with Gasteiger partial charge in [0.15, 0.2) is 0 Å². The lowest BCUT2D eigenvalue weighted by Crippen LogP contribution is -2.55. The van der Waals surface area contributed by atoms with Crippen LogP contribution in [0.5, 0.6) is 0 Å². The highest BCUT2D eigenvalue weighted by atomic mass is 15.1. The molecule has 1 atom stereocenters. The van der Waals surface area contributed by atoms with Crippen molar-refractivity contribution >= 4 is 17.1 Å². The molecular formula is C92H71N. The molecule has 4 fully saturated rings. The van der Waals surface area contributed by atoms with E-state index in [1.807, 2.05) is 0 Å². The molecule has 0 aliphatic heterocycles.